The molecule has 0 aliphatic rings. The number of hydrogen-bond donors (Lipinski definition) is 2. The summed E-state index contributed by atoms with van der Waals surface area (Å²) < 4.78 is 26.9. The number of amides is 1. The van der Waals surface area contributed by atoms with E-state index in [0.29, 0.717) is 5.13 Å². The Balaban J connectivity index is 1.40. The van der Waals surface area contributed by atoms with Gasteiger partial charge in [0.05, 0.1) is 4.90 Å². The zero-order chi connectivity index (χ0) is 21.4. The minimum Gasteiger partial charge on any atom is -0.300 e. The average Bonchev–Trinajstić information content (AvgIpc) is 3.16. The largest absolute Gasteiger partial charge is 0.300 e. The first kappa shape index (κ1) is 22.1. The molecule has 0 radical (unpaired) electrons. The highest BCUT2D eigenvalue weighted by Gasteiger charge is 2.14. The predicted molar refractivity (Wildman–Crippen MR) is 118 cm³/mol. The van der Waals surface area contributed by atoms with Crippen LogP contribution in [-0.2, 0) is 27.7 Å². The summed E-state index contributed by atoms with van der Waals surface area (Å²) in [6.07, 6.45) is 2.71. The van der Waals surface area contributed by atoms with E-state index < -0.39 is 10.0 Å². The Labute approximate surface area is 180 Å². The molecule has 0 atom stereocenters. The number of nitrogens with one attached hydrogen (secondary N) is 2. The normalized spacial score (nSPS) is 11.4. The molecule has 0 bridgehead atoms. The van der Waals surface area contributed by atoms with E-state index in [9.17, 15) is 13.2 Å². The Hall–Kier alpha value is -2.62. The number of aromatic nitrogens is 2. The van der Waals surface area contributed by atoms with Crippen molar-refractivity contribution < 1.29 is 13.2 Å². The van der Waals surface area contributed by atoms with Gasteiger partial charge in [0.1, 0.15) is 5.01 Å². The van der Waals surface area contributed by atoms with E-state index in [1.54, 1.807) is 12.1 Å². The molecule has 1 amide bonds. The number of anilines is 1. The van der Waals surface area contributed by atoms with Gasteiger partial charge in [-0.05, 0) is 37.5 Å². The zero-order valence-electron chi connectivity index (χ0n) is 16.7. The van der Waals surface area contributed by atoms with Crippen LogP contribution in [-0.4, -0.2) is 31.1 Å². The van der Waals surface area contributed by atoms with Crippen LogP contribution in [0, 0.1) is 6.92 Å². The first-order chi connectivity index (χ1) is 14.4. The molecule has 0 unspecified atom stereocenters. The Morgan fingerprint density at radius 1 is 1.00 bits per heavy atom. The lowest BCUT2D eigenvalue weighted by Gasteiger charge is -2.06. The molecule has 1 aromatic heterocycles. The Kier molecular flexibility index (Phi) is 7.67. The minimum atomic E-state index is -3.63. The third-order valence-electron chi connectivity index (χ3n) is 4.39. The van der Waals surface area contributed by atoms with Crippen molar-refractivity contribution in [3.8, 4) is 0 Å². The van der Waals surface area contributed by atoms with Gasteiger partial charge in [-0.25, -0.2) is 13.1 Å². The molecule has 2 N–H and O–H groups in total. The zero-order valence-corrected chi connectivity index (χ0v) is 18.3. The number of benzene rings is 2. The maximum atomic E-state index is 12.2. The summed E-state index contributed by atoms with van der Waals surface area (Å²) in [5, 5.41) is 12.1. The molecular formula is C21H24N4O3S2. The molecule has 3 aromatic rings. The van der Waals surface area contributed by atoms with Crippen molar-refractivity contribution in [2.75, 3.05) is 11.9 Å². The third-order valence-corrected chi connectivity index (χ3v) is 6.76. The van der Waals surface area contributed by atoms with Gasteiger partial charge < -0.3 is 5.32 Å². The number of sulfonamides is 1. The third kappa shape index (κ3) is 6.72. The monoisotopic (exact) mass is 444 g/mol. The molecular weight excluding hydrogens is 420 g/mol. The highest BCUT2D eigenvalue weighted by molar-refractivity contribution is 7.89. The molecule has 158 valence electrons. The second-order valence-electron chi connectivity index (χ2n) is 6.85. The second-order valence-corrected chi connectivity index (χ2v) is 9.68. The van der Waals surface area contributed by atoms with E-state index in [4.69, 9.17) is 0 Å². The highest BCUT2D eigenvalue weighted by Crippen LogP contribution is 2.18. The van der Waals surface area contributed by atoms with E-state index in [2.05, 4.69) is 32.4 Å². The van der Waals surface area contributed by atoms with Gasteiger partial charge in [-0.3, -0.25) is 4.79 Å². The van der Waals surface area contributed by atoms with Crippen LogP contribution in [0.5, 0.6) is 0 Å². The topological polar surface area (TPSA) is 101 Å². The van der Waals surface area contributed by atoms with Crippen LogP contribution >= 0.6 is 11.3 Å². The van der Waals surface area contributed by atoms with Crippen LogP contribution in [0.3, 0.4) is 0 Å². The van der Waals surface area contributed by atoms with Gasteiger partial charge in [0.25, 0.3) is 0 Å². The number of aryl methyl sites for hydroxylation is 3. The fraction of sp³-hybridized carbons (Fsp3) is 0.286. The smallest absolute Gasteiger partial charge is 0.240 e. The molecule has 1 heterocycles. The lowest BCUT2D eigenvalue weighted by atomic mass is 10.1. The molecule has 0 aliphatic carbocycles. The molecule has 0 saturated heterocycles. The molecule has 9 heteroatoms. The summed E-state index contributed by atoms with van der Waals surface area (Å²) in [7, 11) is -3.63. The first-order valence-corrected chi connectivity index (χ1v) is 11.9. The standard InChI is InChI=1S/C21H24N4O3S2/c1-16-10-12-18(13-11-16)30(27,28)22-15-14-19(26)23-21-25-24-20(29-21)9-5-8-17-6-3-2-4-7-17/h2-4,6-7,10-13,22H,5,8-9,14-15H2,1H3,(H,23,25,26). The van der Waals surface area contributed by atoms with E-state index in [-0.39, 0.29) is 23.8 Å². The number of carbonyl (C=O) groups is 1. The number of carbonyl (C=O) groups excluding carboxylic acids is 1. The molecule has 30 heavy (non-hydrogen) atoms. The van der Waals surface area contributed by atoms with Gasteiger partial charge in [-0.1, -0.05) is 59.4 Å². The molecule has 0 aliphatic heterocycles. The number of nitrogens with zero attached hydrogens (tertiary/aromatic N) is 2. The van der Waals surface area contributed by atoms with Gasteiger partial charge in [0.2, 0.25) is 21.1 Å². The van der Waals surface area contributed by atoms with E-state index in [1.165, 1.54) is 29.0 Å². The van der Waals surface area contributed by atoms with Gasteiger partial charge >= 0.3 is 0 Å². The van der Waals surface area contributed by atoms with Crippen LogP contribution in [0.25, 0.3) is 0 Å². The maximum Gasteiger partial charge on any atom is 0.240 e. The SMILES string of the molecule is Cc1ccc(S(=O)(=O)NCCC(=O)Nc2nnc(CCCc3ccccc3)s2)cc1. The summed E-state index contributed by atoms with van der Waals surface area (Å²) >= 11 is 1.34. The lowest BCUT2D eigenvalue weighted by molar-refractivity contribution is -0.116. The summed E-state index contributed by atoms with van der Waals surface area (Å²) in [6, 6.07) is 16.8. The van der Waals surface area contributed by atoms with Gasteiger partial charge in [-0.2, -0.15) is 0 Å². The van der Waals surface area contributed by atoms with Crippen molar-refractivity contribution in [1.82, 2.24) is 14.9 Å². The molecule has 0 spiro atoms. The van der Waals surface area contributed by atoms with Crippen molar-refractivity contribution >= 4 is 32.4 Å². The average molecular weight is 445 g/mol. The highest BCUT2D eigenvalue weighted by atomic mass is 32.2. The van der Waals surface area contributed by atoms with Crippen LogP contribution in [0.1, 0.15) is 29.0 Å². The van der Waals surface area contributed by atoms with Gasteiger partial charge in [-0.15, -0.1) is 10.2 Å². The summed E-state index contributed by atoms with van der Waals surface area (Å²) in [4.78, 5) is 12.3. The maximum absolute atomic E-state index is 12.2. The van der Waals surface area contributed by atoms with Crippen molar-refractivity contribution in [2.24, 2.45) is 0 Å². The molecule has 0 fully saturated rings. The van der Waals surface area contributed by atoms with Gasteiger partial charge in [0.15, 0.2) is 0 Å². The van der Waals surface area contributed by atoms with Crippen LogP contribution < -0.4 is 10.0 Å². The van der Waals surface area contributed by atoms with Crippen LogP contribution in [0.15, 0.2) is 59.5 Å². The molecule has 7 nitrogen and oxygen atoms in total. The van der Waals surface area contributed by atoms with E-state index in [0.717, 1.165) is 29.8 Å². The number of hydrogen-bond acceptors (Lipinski definition) is 6. The Bertz CT molecular complexity index is 1070. The Morgan fingerprint density at radius 3 is 2.47 bits per heavy atom. The van der Waals surface area contributed by atoms with Crippen molar-refractivity contribution in [3.05, 3.63) is 70.7 Å². The Morgan fingerprint density at radius 2 is 1.73 bits per heavy atom. The van der Waals surface area contributed by atoms with E-state index in [1.807, 2.05) is 25.1 Å². The summed E-state index contributed by atoms with van der Waals surface area (Å²) in [6.45, 7) is 1.89. The fourth-order valence-corrected chi connectivity index (χ4v) is 4.60. The number of rotatable bonds is 10. The quantitative estimate of drug-likeness (QED) is 0.499. The minimum absolute atomic E-state index is 0.00474. The summed E-state index contributed by atoms with van der Waals surface area (Å²) in [5.74, 6) is -0.311. The van der Waals surface area contributed by atoms with Gasteiger partial charge in [0, 0.05) is 19.4 Å². The van der Waals surface area contributed by atoms with Crippen molar-refractivity contribution in [1.29, 1.82) is 0 Å². The van der Waals surface area contributed by atoms with E-state index >= 15 is 0 Å². The summed E-state index contributed by atoms with van der Waals surface area (Å²) in [5.41, 5.74) is 2.26. The predicted octanol–water partition coefficient (Wildman–Crippen LogP) is 3.33. The van der Waals surface area contributed by atoms with Crippen molar-refractivity contribution in [2.45, 2.75) is 37.5 Å². The first-order valence-electron chi connectivity index (χ1n) is 9.65. The van der Waals surface area contributed by atoms with Crippen LogP contribution in [0.2, 0.25) is 0 Å². The fourth-order valence-electron chi connectivity index (χ4n) is 2.78. The van der Waals surface area contributed by atoms with Crippen LogP contribution in [0.4, 0.5) is 5.13 Å². The second kappa shape index (κ2) is 10.4. The van der Waals surface area contributed by atoms with Crippen molar-refractivity contribution in [3.63, 3.8) is 0 Å². The molecule has 3 rings (SSSR count). The molecule has 2 aromatic carbocycles. The molecule has 0 saturated carbocycles. The lowest BCUT2D eigenvalue weighted by Crippen LogP contribution is -2.27.